The van der Waals surface area contributed by atoms with Crippen molar-refractivity contribution in [2.24, 2.45) is 17.3 Å². The van der Waals surface area contributed by atoms with Crippen molar-refractivity contribution in [1.82, 2.24) is 0 Å². The molecule has 0 spiro atoms. The van der Waals surface area contributed by atoms with E-state index in [0.717, 1.165) is 32.1 Å². The Balaban J connectivity index is 1.38. The topological polar surface area (TPSA) is 81.7 Å². The van der Waals surface area contributed by atoms with Gasteiger partial charge in [0.2, 0.25) is 0 Å². The number of nitrogens with one attached hydrogen (secondary N) is 1. The molecule has 1 aromatic carbocycles. The molecule has 4 aliphatic carbocycles. The van der Waals surface area contributed by atoms with Crippen LogP contribution in [-0.2, 0) is 19.1 Å². The van der Waals surface area contributed by atoms with E-state index < -0.39 is 17.3 Å². The lowest BCUT2D eigenvalue weighted by molar-refractivity contribution is -0.171. The lowest BCUT2D eigenvalue weighted by Gasteiger charge is -2.58. The van der Waals surface area contributed by atoms with Gasteiger partial charge in [-0.2, -0.15) is 0 Å². The number of benzene rings is 1. The summed E-state index contributed by atoms with van der Waals surface area (Å²) < 4.78 is 10.1. The summed E-state index contributed by atoms with van der Waals surface area (Å²) in [5.74, 6) is -0.397. The molecule has 5 rings (SSSR count). The summed E-state index contributed by atoms with van der Waals surface area (Å²) in [6, 6.07) is 6.53. The predicted octanol–water partition coefficient (Wildman–Crippen LogP) is 3.53. The van der Waals surface area contributed by atoms with Gasteiger partial charge in [0.1, 0.15) is 0 Å². The number of rotatable bonds is 5. The van der Waals surface area contributed by atoms with E-state index in [-0.39, 0.29) is 23.0 Å². The number of hydrogen-bond donors (Lipinski definition) is 1. The second kappa shape index (κ2) is 7.07. The van der Waals surface area contributed by atoms with E-state index in [0.29, 0.717) is 23.9 Å². The van der Waals surface area contributed by atoms with Gasteiger partial charge in [-0.15, -0.1) is 11.6 Å². The van der Waals surface area contributed by atoms with Gasteiger partial charge in [0.05, 0.1) is 23.8 Å². The van der Waals surface area contributed by atoms with Crippen LogP contribution in [0, 0.1) is 17.3 Å². The lowest BCUT2D eigenvalue weighted by atomic mass is 9.49. The first-order valence-corrected chi connectivity index (χ1v) is 10.0. The third-order valence-corrected chi connectivity index (χ3v) is 6.81. The van der Waals surface area contributed by atoms with Crippen molar-refractivity contribution in [3.05, 3.63) is 29.8 Å². The second-order valence-electron chi connectivity index (χ2n) is 8.55. The molecule has 150 valence electrons. The van der Waals surface area contributed by atoms with E-state index in [1.54, 1.807) is 24.3 Å². The maximum Gasteiger partial charge on any atom is 0.339 e. The van der Waals surface area contributed by atoms with Gasteiger partial charge in [0.25, 0.3) is 5.91 Å². The van der Waals surface area contributed by atoms with Crippen LogP contribution in [-0.4, -0.2) is 36.4 Å². The molecule has 2 unspecified atom stereocenters. The molecule has 0 saturated heterocycles. The number of hydrogen-bond acceptors (Lipinski definition) is 5. The van der Waals surface area contributed by atoms with E-state index >= 15 is 0 Å². The summed E-state index contributed by atoms with van der Waals surface area (Å²) in [6.07, 6.45) is 5.36. The summed E-state index contributed by atoms with van der Waals surface area (Å²) >= 11 is 6.76. The molecule has 0 aliphatic heterocycles. The molecule has 0 heterocycles. The highest BCUT2D eigenvalue weighted by atomic mass is 35.5. The van der Waals surface area contributed by atoms with Crippen molar-refractivity contribution in [3.63, 3.8) is 0 Å². The fourth-order valence-electron chi connectivity index (χ4n) is 5.74. The van der Waals surface area contributed by atoms with Gasteiger partial charge in [-0.3, -0.25) is 9.59 Å². The molecule has 4 saturated carbocycles. The highest BCUT2D eigenvalue weighted by Gasteiger charge is 2.60. The second-order valence-corrected chi connectivity index (χ2v) is 9.36. The Bertz CT molecular complexity index is 809. The van der Waals surface area contributed by atoms with Gasteiger partial charge in [-0.25, -0.2) is 4.79 Å². The van der Waals surface area contributed by atoms with E-state index in [1.807, 2.05) is 0 Å². The molecule has 4 fully saturated rings. The average Bonchev–Trinajstić information content (AvgIpc) is 2.64. The highest BCUT2D eigenvalue weighted by Crippen LogP contribution is 2.64. The van der Waals surface area contributed by atoms with Gasteiger partial charge in [-0.1, -0.05) is 12.1 Å². The maximum atomic E-state index is 12.9. The molecule has 0 aromatic heterocycles. The lowest BCUT2D eigenvalue weighted by Crippen LogP contribution is -2.56. The van der Waals surface area contributed by atoms with E-state index in [2.05, 4.69) is 5.32 Å². The van der Waals surface area contributed by atoms with Gasteiger partial charge < -0.3 is 14.8 Å². The summed E-state index contributed by atoms with van der Waals surface area (Å²) in [5.41, 5.74) is 0.0236. The van der Waals surface area contributed by atoms with Crippen LogP contribution >= 0.6 is 11.6 Å². The quantitative estimate of drug-likeness (QED) is 0.598. The van der Waals surface area contributed by atoms with Crippen LogP contribution in [0.1, 0.15) is 48.9 Å². The van der Waals surface area contributed by atoms with Crippen molar-refractivity contribution >= 4 is 35.1 Å². The molecule has 1 N–H and O–H groups in total. The first kappa shape index (κ1) is 19.2. The summed E-state index contributed by atoms with van der Waals surface area (Å²) in [6.45, 7) is -0.388. The zero-order chi connectivity index (χ0) is 19.9. The number of alkyl halides is 1. The normalized spacial score (nSPS) is 32.6. The minimum atomic E-state index is -0.547. The van der Waals surface area contributed by atoms with Gasteiger partial charge in [0.15, 0.2) is 6.61 Å². The molecule has 6 nitrogen and oxygen atoms in total. The molecule has 4 bridgehead atoms. The van der Waals surface area contributed by atoms with E-state index in [4.69, 9.17) is 21.1 Å². The first-order chi connectivity index (χ1) is 13.3. The molecule has 1 amide bonds. The predicted molar refractivity (Wildman–Crippen MR) is 103 cm³/mol. The standard InChI is InChI=1S/C21H24ClNO5/c1-27-18(25)15-4-2-3-5-16(15)23-17(24)11-28-19(26)20-7-13-6-14(8-20)10-21(22,9-13)12-20/h2-5,13-14H,6-12H2,1H3,(H,23,24)/t13-,14+,20?,21?. The van der Waals surface area contributed by atoms with E-state index in [9.17, 15) is 14.4 Å². The minimum Gasteiger partial charge on any atom is -0.465 e. The molecular formula is C21H24ClNO5. The Morgan fingerprint density at radius 2 is 1.82 bits per heavy atom. The number of methoxy groups -OCH3 is 1. The maximum absolute atomic E-state index is 12.9. The highest BCUT2D eigenvalue weighted by molar-refractivity contribution is 6.24. The summed E-state index contributed by atoms with van der Waals surface area (Å²) in [5, 5.41) is 2.62. The monoisotopic (exact) mass is 405 g/mol. The van der Waals surface area contributed by atoms with Crippen molar-refractivity contribution in [2.45, 2.75) is 43.4 Å². The molecular weight excluding hydrogens is 382 g/mol. The number of carbonyl (C=O) groups excluding carboxylic acids is 3. The Hall–Kier alpha value is -2.08. The van der Waals surface area contributed by atoms with Crippen LogP contribution in [0.25, 0.3) is 0 Å². The Kier molecular flexibility index (Phi) is 4.86. The van der Waals surface area contributed by atoms with Gasteiger partial charge in [0, 0.05) is 4.87 Å². The van der Waals surface area contributed by atoms with Gasteiger partial charge >= 0.3 is 11.9 Å². The number of para-hydroxylation sites is 1. The zero-order valence-corrected chi connectivity index (χ0v) is 16.6. The molecule has 1 aromatic rings. The summed E-state index contributed by atoms with van der Waals surface area (Å²) in [7, 11) is 1.28. The third-order valence-electron chi connectivity index (χ3n) is 6.36. The fourth-order valence-corrected chi connectivity index (χ4v) is 6.43. The zero-order valence-electron chi connectivity index (χ0n) is 15.8. The van der Waals surface area contributed by atoms with Crippen LogP contribution in [0.15, 0.2) is 24.3 Å². The first-order valence-electron chi connectivity index (χ1n) is 9.66. The SMILES string of the molecule is COC(=O)c1ccccc1NC(=O)COC(=O)C12C[C@@H]3C[C@@H](CC(Cl)(C3)C1)C2. The molecule has 7 heteroatoms. The molecule has 0 radical (unpaired) electrons. The van der Waals surface area contributed by atoms with E-state index in [1.165, 1.54) is 7.11 Å². The van der Waals surface area contributed by atoms with Crippen LogP contribution in [0.4, 0.5) is 5.69 Å². The Morgan fingerprint density at radius 3 is 2.46 bits per heavy atom. The Morgan fingerprint density at radius 1 is 1.14 bits per heavy atom. The number of carbonyl (C=O) groups is 3. The van der Waals surface area contributed by atoms with Crippen molar-refractivity contribution in [1.29, 1.82) is 0 Å². The summed E-state index contributed by atoms with van der Waals surface area (Å²) in [4.78, 5) is 36.7. The largest absolute Gasteiger partial charge is 0.465 e. The number of esters is 2. The van der Waals surface area contributed by atoms with Crippen LogP contribution in [0.2, 0.25) is 0 Å². The third kappa shape index (κ3) is 3.50. The smallest absolute Gasteiger partial charge is 0.339 e. The van der Waals surface area contributed by atoms with Crippen molar-refractivity contribution in [2.75, 3.05) is 19.0 Å². The fraction of sp³-hybridized carbons (Fsp3) is 0.571. The van der Waals surface area contributed by atoms with Crippen LogP contribution in [0.5, 0.6) is 0 Å². The number of ether oxygens (including phenoxy) is 2. The van der Waals surface area contributed by atoms with Crippen molar-refractivity contribution < 1.29 is 23.9 Å². The molecule has 28 heavy (non-hydrogen) atoms. The molecule has 4 atom stereocenters. The minimum absolute atomic E-state index is 0.245. The van der Waals surface area contributed by atoms with Crippen LogP contribution in [0.3, 0.4) is 0 Å². The van der Waals surface area contributed by atoms with Gasteiger partial charge in [-0.05, 0) is 62.5 Å². The number of halogens is 1. The average molecular weight is 406 g/mol. The number of amides is 1. The van der Waals surface area contributed by atoms with Crippen LogP contribution < -0.4 is 5.32 Å². The van der Waals surface area contributed by atoms with Crippen molar-refractivity contribution in [3.8, 4) is 0 Å². The Labute approximate surface area is 168 Å². The number of anilines is 1. The molecule has 4 aliphatic rings.